The van der Waals surface area contributed by atoms with Gasteiger partial charge >= 0.3 is 5.97 Å². The second-order valence-electron chi connectivity index (χ2n) is 2.97. The van der Waals surface area contributed by atoms with E-state index in [0.717, 1.165) is 0 Å². The molecule has 0 aliphatic carbocycles. The highest BCUT2D eigenvalue weighted by atomic mass is 127. The van der Waals surface area contributed by atoms with Gasteiger partial charge in [-0.1, -0.05) is 13.8 Å². The summed E-state index contributed by atoms with van der Waals surface area (Å²) in [4.78, 5) is 10.6. The summed E-state index contributed by atoms with van der Waals surface area (Å²) in [6.07, 6.45) is 0.556. The monoisotopic (exact) mass is 240 g/mol. The molecule has 1 rings (SSSR count). The van der Waals surface area contributed by atoms with Gasteiger partial charge in [0, 0.05) is 5.41 Å². The second-order valence-corrected chi connectivity index (χ2v) is 4.10. The Morgan fingerprint density at radius 2 is 2.33 bits per heavy atom. The molecule has 2 nitrogen and oxygen atoms in total. The van der Waals surface area contributed by atoms with Gasteiger partial charge in [0.1, 0.15) is 0 Å². The summed E-state index contributed by atoms with van der Waals surface area (Å²) >= 11 is 2.15. The van der Waals surface area contributed by atoms with E-state index in [1.807, 2.05) is 13.8 Å². The summed E-state index contributed by atoms with van der Waals surface area (Å²) in [5, 5.41) is 0. The molecule has 0 bridgehead atoms. The Hall–Kier alpha value is 0.200. The molecule has 0 aromatic heterocycles. The zero-order valence-corrected chi connectivity index (χ0v) is 7.64. The van der Waals surface area contributed by atoms with E-state index in [1.165, 1.54) is 0 Å². The van der Waals surface area contributed by atoms with E-state index < -0.39 is 0 Å². The number of carbonyl (C=O) groups is 1. The normalized spacial score (nSPS) is 32.3. The first kappa shape index (κ1) is 7.31. The van der Waals surface area contributed by atoms with Crippen LogP contribution in [0.3, 0.4) is 0 Å². The maximum atomic E-state index is 10.6. The van der Waals surface area contributed by atoms with Gasteiger partial charge in [-0.25, -0.2) is 0 Å². The molecule has 1 heterocycles. The Bertz CT molecular complexity index is 142. The van der Waals surface area contributed by atoms with E-state index in [0.29, 0.717) is 6.42 Å². The predicted molar refractivity (Wildman–Crippen MR) is 42.3 cm³/mol. The minimum atomic E-state index is -0.0700. The van der Waals surface area contributed by atoms with Crippen LogP contribution in [0, 0.1) is 5.41 Å². The molecule has 1 saturated heterocycles. The first-order valence-corrected chi connectivity index (χ1v) is 4.10. The van der Waals surface area contributed by atoms with Gasteiger partial charge in [0.15, 0.2) is 4.11 Å². The maximum absolute atomic E-state index is 10.6. The van der Waals surface area contributed by atoms with Crippen molar-refractivity contribution in [2.75, 3.05) is 0 Å². The maximum Gasteiger partial charge on any atom is 0.307 e. The number of esters is 1. The van der Waals surface area contributed by atoms with Crippen LogP contribution in [0.25, 0.3) is 0 Å². The van der Waals surface area contributed by atoms with Gasteiger partial charge in [0.25, 0.3) is 0 Å². The number of carbonyl (C=O) groups excluding carboxylic acids is 1. The molecule has 52 valence electrons. The Morgan fingerprint density at radius 1 is 1.78 bits per heavy atom. The Labute approximate surface area is 68.1 Å². The van der Waals surface area contributed by atoms with E-state index in [2.05, 4.69) is 22.6 Å². The van der Waals surface area contributed by atoms with E-state index in [-0.39, 0.29) is 15.5 Å². The molecule has 1 aliphatic rings. The highest BCUT2D eigenvalue weighted by Crippen LogP contribution is 2.38. The summed E-state index contributed by atoms with van der Waals surface area (Å²) in [5.74, 6) is -0.0700. The minimum Gasteiger partial charge on any atom is -0.451 e. The van der Waals surface area contributed by atoms with Crippen LogP contribution in [0.5, 0.6) is 0 Å². The summed E-state index contributed by atoms with van der Waals surface area (Å²) in [7, 11) is 0. The highest BCUT2D eigenvalue weighted by Gasteiger charge is 2.39. The lowest BCUT2D eigenvalue weighted by atomic mass is 9.93. The SMILES string of the molecule is CC1(C)CC(=O)OC1I. The largest absolute Gasteiger partial charge is 0.451 e. The average Bonchev–Trinajstić information content (AvgIpc) is 1.79. The van der Waals surface area contributed by atoms with Crippen molar-refractivity contribution in [3.63, 3.8) is 0 Å². The van der Waals surface area contributed by atoms with E-state index >= 15 is 0 Å². The molecule has 1 fully saturated rings. The zero-order chi connectivity index (χ0) is 7.07. The average molecular weight is 240 g/mol. The summed E-state index contributed by atoms with van der Waals surface area (Å²) in [6, 6.07) is 0. The van der Waals surface area contributed by atoms with Crippen LogP contribution < -0.4 is 0 Å². The highest BCUT2D eigenvalue weighted by molar-refractivity contribution is 14.1. The lowest BCUT2D eigenvalue weighted by molar-refractivity contribution is -0.138. The topological polar surface area (TPSA) is 26.3 Å². The molecule has 0 N–H and O–H groups in total. The number of rotatable bonds is 0. The molecule has 9 heavy (non-hydrogen) atoms. The van der Waals surface area contributed by atoms with Crippen molar-refractivity contribution in [2.24, 2.45) is 5.41 Å². The molecular weight excluding hydrogens is 231 g/mol. The number of cyclic esters (lactones) is 1. The van der Waals surface area contributed by atoms with Gasteiger partial charge in [-0.2, -0.15) is 0 Å². The van der Waals surface area contributed by atoms with E-state index in [1.54, 1.807) is 0 Å². The first-order chi connectivity index (χ1) is 4.02. The molecule has 0 spiro atoms. The molecule has 0 radical (unpaired) electrons. The van der Waals surface area contributed by atoms with Crippen LogP contribution in [-0.2, 0) is 9.53 Å². The predicted octanol–water partition coefficient (Wildman–Crippen LogP) is 1.72. The summed E-state index contributed by atoms with van der Waals surface area (Å²) in [6.45, 7) is 4.07. The number of ether oxygens (including phenoxy) is 1. The minimum absolute atomic E-state index is 0.0393. The quantitative estimate of drug-likeness (QED) is 0.366. The van der Waals surface area contributed by atoms with Crippen molar-refractivity contribution in [1.29, 1.82) is 0 Å². The van der Waals surface area contributed by atoms with Crippen LogP contribution in [-0.4, -0.2) is 10.1 Å². The lowest BCUT2D eigenvalue weighted by Crippen LogP contribution is -2.16. The number of hydrogen-bond donors (Lipinski definition) is 0. The van der Waals surface area contributed by atoms with Gasteiger partial charge in [-0.3, -0.25) is 4.79 Å². The van der Waals surface area contributed by atoms with Crippen molar-refractivity contribution in [1.82, 2.24) is 0 Å². The van der Waals surface area contributed by atoms with Crippen molar-refractivity contribution >= 4 is 28.6 Å². The van der Waals surface area contributed by atoms with Gasteiger partial charge in [-0.15, -0.1) is 0 Å². The third-order valence-corrected chi connectivity index (χ3v) is 3.39. The van der Waals surface area contributed by atoms with Gasteiger partial charge in [-0.05, 0) is 22.6 Å². The fourth-order valence-corrected chi connectivity index (χ4v) is 1.27. The van der Waals surface area contributed by atoms with Gasteiger partial charge < -0.3 is 4.74 Å². The molecule has 0 amide bonds. The molecule has 1 aliphatic heterocycles. The smallest absolute Gasteiger partial charge is 0.307 e. The van der Waals surface area contributed by atoms with Gasteiger partial charge in [0.2, 0.25) is 0 Å². The Balaban J connectivity index is 2.69. The zero-order valence-electron chi connectivity index (χ0n) is 5.48. The molecule has 1 atom stereocenters. The van der Waals surface area contributed by atoms with Crippen LogP contribution in [0.15, 0.2) is 0 Å². The third-order valence-electron chi connectivity index (χ3n) is 1.45. The molecule has 1 unspecified atom stereocenters. The van der Waals surface area contributed by atoms with Crippen molar-refractivity contribution in [3.8, 4) is 0 Å². The van der Waals surface area contributed by atoms with Crippen LogP contribution in [0.4, 0.5) is 0 Å². The van der Waals surface area contributed by atoms with Crippen molar-refractivity contribution in [3.05, 3.63) is 0 Å². The van der Waals surface area contributed by atoms with Crippen LogP contribution in [0.1, 0.15) is 20.3 Å². The number of alkyl halides is 1. The standard InChI is InChI=1S/C6H9IO2/c1-6(2)3-4(8)9-5(6)7/h5H,3H2,1-2H3. The van der Waals surface area contributed by atoms with Crippen molar-refractivity contribution < 1.29 is 9.53 Å². The molecule has 0 aromatic carbocycles. The second kappa shape index (κ2) is 2.11. The Morgan fingerprint density at radius 3 is 2.44 bits per heavy atom. The fourth-order valence-electron chi connectivity index (χ4n) is 0.769. The molecule has 0 saturated carbocycles. The van der Waals surface area contributed by atoms with Gasteiger partial charge in [0.05, 0.1) is 6.42 Å². The molecular formula is C6H9IO2. The summed E-state index contributed by atoms with van der Waals surface area (Å²) in [5.41, 5.74) is 0.0393. The first-order valence-electron chi connectivity index (χ1n) is 2.86. The summed E-state index contributed by atoms with van der Waals surface area (Å²) < 4.78 is 4.98. The fraction of sp³-hybridized carbons (Fsp3) is 0.833. The van der Waals surface area contributed by atoms with Crippen LogP contribution in [0.2, 0.25) is 0 Å². The molecule has 0 aromatic rings. The Kier molecular flexibility index (Phi) is 1.71. The van der Waals surface area contributed by atoms with Crippen LogP contribution >= 0.6 is 22.6 Å². The van der Waals surface area contributed by atoms with E-state index in [4.69, 9.17) is 4.74 Å². The molecule has 3 heteroatoms. The third kappa shape index (κ3) is 1.36. The van der Waals surface area contributed by atoms with E-state index in [9.17, 15) is 4.79 Å². The number of hydrogen-bond acceptors (Lipinski definition) is 2. The van der Waals surface area contributed by atoms with Crippen molar-refractivity contribution in [2.45, 2.75) is 24.4 Å². The number of halogens is 1. The lowest BCUT2D eigenvalue weighted by Gasteiger charge is -2.16.